The van der Waals surface area contributed by atoms with Gasteiger partial charge in [0.1, 0.15) is 0 Å². The number of nitrogens with zero attached hydrogens (tertiary/aromatic N) is 2. The van der Waals surface area contributed by atoms with Crippen LogP contribution in [0, 0.1) is 6.92 Å². The first-order chi connectivity index (χ1) is 9.00. The molecular weight excluding hydrogens is 254 g/mol. The van der Waals surface area contributed by atoms with E-state index in [0.29, 0.717) is 0 Å². The van der Waals surface area contributed by atoms with Gasteiger partial charge in [-0.3, -0.25) is 4.90 Å². The summed E-state index contributed by atoms with van der Waals surface area (Å²) in [5.74, 6) is 0. The van der Waals surface area contributed by atoms with Crippen LogP contribution < -0.4 is 5.73 Å². The number of likely N-dealkylation sites (tertiary alicyclic amines) is 1. The normalized spacial score (nSPS) is 20.2. The van der Waals surface area contributed by atoms with Crippen LogP contribution >= 0.6 is 11.3 Å². The molecule has 2 rings (SSSR count). The molecule has 1 aromatic heterocycles. The lowest BCUT2D eigenvalue weighted by atomic mass is 9.90. The molecule has 1 saturated heterocycles. The quantitative estimate of drug-likeness (QED) is 0.922. The average molecular weight is 281 g/mol. The molecule has 1 unspecified atom stereocenters. The highest BCUT2D eigenvalue weighted by Gasteiger charge is 2.33. The summed E-state index contributed by atoms with van der Waals surface area (Å²) in [5.41, 5.74) is 7.67. The van der Waals surface area contributed by atoms with Crippen LogP contribution in [0.1, 0.15) is 50.2 Å². The lowest BCUT2D eigenvalue weighted by Crippen LogP contribution is -2.57. The summed E-state index contributed by atoms with van der Waals surface area (Å²) in [6.07, 6.45) is 6.25. The molecule has 2 N–H and O–H groups in total. The molecule has 4 heteroatoms. The number of aromatic nitrogens is 1. The fourth-order valence-electron chi connectivity index (χ4n) is 2.82. The molecule has 0 amide bonds. The Kier molecular flexibility index (Phi) is 4.98. The Labute approximate surface area is 121 Å². The van der Waals surface area contributed by atoms with Crippen LogP contribution in [0.5, 0.6) is 0 Å². The van der Waals surface area contributed by atoms with E-state index in [9.17, 15) is 0 Å². The van der Waals surface area contributed by atoms with Crippen LogP contribution in [0.25, 0.3) is 0 Å². The Hall–Kier alpha value is -0.450. The second-order valence-electron chi connectivity index (χ2n) is 6.25. The van der Waals surface area contributed by atoms with E-state index in [2.05, 4.69) is 29.1 Å². The molecule has 19 heavy (non-hydrogen) atoms. The summed E-state index contributed by atoms with van der Waals surface area (Å²) in [6, 6.07) is 0.149. The summed E-state index contributed by atoms with van der Waals surface area (Å²) in [5, 5.41) is 3.29. The van der Waals surface area contributed by atoms with Crippen molar-refractivity contribution in [2.45, 2.75) is 64.5 Å². The van der Waals surface area contributed by atoms with Gasteiger partial charge in [-0.05, 0) is 46.7 Å². The Balaban J connectivity index is 2.00. The van der Waals surface area contributed by atoms with Crippen molar-refractivity contribution >= 4 is 11.3 Å². The molecule has 2 heterocycles. The van der Waals surface area contributed by atoms with Crippen LogP contribution in [-0.4, -0.2) is 34.6 Å². The lowest BCUT2D eigenvalue weighted by Gasteiger charge is -2.42. The van der Waals surface area contributed by atoms with Crippen molar-refractivity contribution in [1.82, 2.24) is 9.88 Å². The van der Waals surface area contributed by atoms with Gasteiger partial charge in [0, 0.05) is 29.1 Å². The summed E-state index contributed by atoms with van der Waals surface area (Å²) in [6.45, 7) is 9.02. The summed E-state index contributed by atoms with van der Waals surface area (Å²) < 4.78 is 0. The van der Waals surface area contributed by atoms with Gasteiger partial charge in [-0.25, -0.2) is 4.98 Å². The molecule has 0 radical (unpaired) electrons. The number of nitrogens with two attached hydrogens (primary N) is 1. The van der Waals surface area contributed by atoms with E-state index in [0.717, 1.165) is 12.1 Å². The van der Waals surface area contributed by atoms with E-state index in [1.54, 1.807) is 11.3 Å². The van der Waals surface area contributed by atoms with Crippen LogP contribution in [0.4, 0.5) is 0 Å². The molecule has 1 atom stereocenters. The summed E-state index contributed by atoms with van der Waals surface area (Å²) in [4.78, 5) is 7.14. The van der Waals surface area contributed by atoms with Crippen LogP contribution in [0.3, 0.4) is 0 Å². The van der Waals surface area contributed by atoms with Gasteiger partial charge >= 0.3 is 0 Å². The minimum Gasteiger partial charge on any atom is -0.326 e. The van der Waals surface area contributed by atoms with E-state index in [4.69, 9.17) is 5.73 Å². The Morgan fingerprint density at radius 2 is 1.95 bits per heavy atom. The maximum absolute atomic E-state index is 6.50. The molecule has 108 valence electrons. The number of thiazole rings is 1. The Morgan fingerprint density at radius 1 is 1.32 bits per heavy atom. The fraction of sp³-hybridized carbons (Fsp3) is 0.800. The Morgan fingerprint density at radius 3 is 2.47 bits per heavy atom. The first-order valence-electron chi connectivity index (χ1n) is 7.42. The number of rotatable bonds is 4. The van der Waals surface area contributed by atoms with Gasteiger partial charge < -0.3 is 5.73 Å². The SMILES string of the molecule is Cc1csc(CC(N)C(C)(C)N2CCCCCC2)n1. The second kappa shape index (κ2) is 6.33. The number of hydrogen-bond acceptors (Lipinski definition) is 4. The van der Waals surface area contributed by atoms with Crippen molar-refractivity contribution in [3.63, 3.8) is 0 Å². The largest absolute Gasteiger partial charge is 0.326 e. The van der Waals surface area contributed by atoms with Gasteiger partial charge in [-0.1, -0.05) is 12.8 Å². The second-order valence-corrected chi connectivity index (χ2v) is 7.19. The van der Waals surface area contributed by atoms with Crippen molar-refractivity contribution in [3.05, 3.63) is 16.1 Å². The molecule has 0 bridgehead atoms. The molecule has 3 nitrogen and oxygen atoms in total. The molecule has 0 aliphatic carbocycles. The third-order valence-electron chi connectivity index (χ3n) is 4.39. The van der Waals surface area contributed by atoms with Gasteiger partial charge in [0.2, 0.25) is 0 Å². The molecule has 0 saturated carbocycles. The van der Waals surface area contributed by atoms with E-state index in [1.807, 2.05) is 6.92 Å². The average Bonchev–Trinajstić information content (AvgIpc) is 2.63. The van der Waals surface area contributed by atoms with E-state index < -0.39 is 0 Å². The zero-order chi connectivity index (χ0) is 13.9. The minimum atomic E-state index is 0.0594. The van der Waals surface area contributed by atoms with Crippen molar-refractivity contribution in [2.75, 3.05) is 13.1 Å². The predicted octanol–water partition coefficient (Wildman–Crippen LogP) is 2.98. The topological polar surface area (TPSA) is 42.1 Å². The van der Waals surface area contributed by atoms with Gasteiger partial charge in [-0.2, -0.15) is 0 Å². The van der Waals surface area contributed by atoms with Crippen LogP contribution in [0.15, 0.2) is 5.38 Å². The van der Waals surface area contributed by atoms with Crippen molar-refractivity contribution in [3.8, 4) is 0 Å². The van der Waals surface area contributed by atoms with Gasteiger partial charge in [-0.15, -0.1) is 11.3 Å². The van der Waals surface area contributed by atoms with Crippen molar-refractivity contribution in [2.24, 2.45) is 5.73 Å². The van der Waals surface area contributed by atoms with Crippen LogP contribution in [-0.2, 0) is 6.42 Å². The predicted molar refractivity (Wildman–Crippen MR) is 82.7 cm³/mol. The third kappa shape index (κ3) is 3.77. The highest BCUT2D eigenvalue weighted by atomic mass is 32.1. The molecule has 1 aliphatic rings. The lowest BCUT2D eigenvalue weighted by molar-refractivity contribution is 0.0979. The van der Waals surface area contributed by atoms with Crippen molar-refractivity contribution in [1.29, 1.82) is 0 Å². The summed E-state index contributed by atoms with van der Waals surface area (Å²) in [7, 11) is 0. The fourth-order valence-corrected chi connectivity index (χ4v) is 3.65. The molecule has 1 fully saturated rings. The first-order valence-corrected chi connectivity index (χ1v) is 8.30. The molecular formula is C15H27N3S. The number of aryl methyl sites for hydroxylation is 1. The first kappa shape index (κ1) is 14.9. The maximum atomic E-state index is 6.50. The van der Waals surface area contributed by atoms with Gasteiger partial charge in [0.15, 0.2) is 0 Å². The van der Waals surface area contributed by atoms with Gasteiger partial charge in [0.05, 0.1) is 5.01 Å². The highest BCUT2D eigenvalue weighted by Crippen LogP contribution is 2.25. The standard InChI is InChI=1S/C15H27N3S/c1-12-11-19-14(17-12)10-13(16)15(2,3)18-8-6-4-5-7-9-18/h11,13H,4-10,16H2,1-3H3. The molecule has 0 spiro atoms. The monoisotopic (exact) mass is 281 g/mol. The van der Waals surface area contributed by atoms with E-state index in [-0.39, 0.29) is 11.6 Å². The summed E-state index contributed by atoms with van der Waals surface area (Å²) >= 11 is 1.74. The smallest absolute Gasteiger partial charge is 0.0944 e. The zero-order valence-electron chi connectivity index (χ0n) is 12.5. The van der Waals surface area contributed by atoms with Crippen molar-refractivity contribution < 1.29 is 0 Å². The molecule has 1 aliphatic heterocycles. The maximum Gasteiger partial charge on any atom is 0.0944 e. The van der Waals surface area contributed by atoms with Crippen LogP contribution in [0.2, 0.25) is 0 Å². The minimum absolute atomic E-state index is 0.0594. The van der Waals surface area contributed by atoms with Gasteiger partial charge in [0.25, 0.3) is 0 Å². The Bertz CT molecular complexity index is 392. The molecule has 1 aromatic rings. The van der Waals surface area contributed by atoms with E-state index >= 15 is 0 Å². The third-order valence-corrected chi connectivity index (χ3v) is 5.38. The van der Waals surface area contributed by atoms with E-state index in [1.165, 1.54) is 43.8 Å². The number of hydrogen-bond donors (Lipinski definition) is 1. The molecule has 0 aromatic carbocycles. The highest BCUT2D eigenvalue weighted by molar-refractivity contribution is 7.09. The zero-order valence-corrected chi connectivity index (χ0v) is 13.3.